The number of hydrogen-bond donors (Lipinski definition) is 0. The zero-order valence-electron chi connectivity index (χ0n) is 17.1. The van der Waals surface area contributed by atoms with Gasteiger partial charge in [-0.3, -0.25) is 0 Å². The molecule has 0 aromatic rings. The molecule has 1 aliphatic rings. The van der Waals surface area contributed by atoms with E-state index in [-0.39, 0.29) is 6.29 Å². The minimum Gasteiger partial charge on any atom is -0.353 e. The van der Waals surface area contributed by atoms with E-state index in [1.165, 1.54) is 89.9 Å². The molecule has 0 aliphatic carbocycles. The summed E-state index contributed by atoms with van der Waals surface area (Å²) < 4.78 is 11.8. The maximum atomic E-state index is 6.12. The molecule has 1 heterocycles. The van der Waals surface area contributed by atoms with Gasteiger partial charge in [-0.2, -0.15) is 0 Å². The normalized spacial score (nSPS) is 19.5. The summed E-state index contributed by atoms with van der Waals surface area (Å²) in [6, 6.07) is 0. The first-order chi connectivity index (χ1) is 12.4. The fraction of sp³-hybridized carbons (Fsp3) is 0.913. The van der Waals surface area contributed by atoms with E-state index in [1.807, 2.05) is 0 Å². The van der Waals surface area contributed by atoms with Crippen molar-refractivity contribution in [3.63, 3.8) is 0 Å². The van der Waals surface area contributed by atoms with Crippen LogP contribution in [-0.2, 0) is 9.47 Å². The van der Waals surface area contributed by atoms with Crippen molar-refractivity contribution < 1.29 is 9.47 Å². The molecular weight excluding hydrogens is 308 g/mol. The van der Waals surface area contributed by atoms with Crippen molar-refractivity contribution in [3.8, 4) is 0 Å². The molecule has 1 fully saturated rings. The van der Waals surface area contributed by atoms with Crippen molar-refractivity contribution in [2.24, 2.45) is 0 Å². The van der Waals surface area contributed by atoms with Gasteiger partial charge in [0.2, 0.25) is 0 Å². The van der Waals surface area contributed by atoms with Gasteiger partial charge in [0.05, 0.1) is 6.10 Å². The van der Waals surface area contributed by atoms with Crippen molar-refractivity contribution in [3.05, 3.63) is 12.2 Å². The summed E-state index contributed by atoms with van der Waals surface area (Å²) in [6.45, 7) is 5.38. The predicted octanol–water partition coefficient (Wildman–Crippen LogP) is 7.57. The van der Waals surface area contributed by atoms with Crippen LogP contribution < -0.4 is 0 Å². The summed E-state index contributed by atoms with van der Waals surface area (Å²) in [5.74, 6) is 0. The maximum absolute atomic E-state index is 6.12. The molecule has 0 radical (unpaired) electrons. The molecule has 25 heavy (non-hydrogen) atoms. The standard InChI is InChI=1S/C23H44O2/c1-3-5-6-7-8-9-10-11-12-13-14-15-16-19-22(4-2)25-23-20-17-18-21-24-23/h7-8,22-23H,3-6,9-21H2,1-2H3. The molecule has 2 heteroatoms. The summed E-state index contributed by atoms with van der Waals surface area (Å²) in [4.78, 5) is 0. The van der Waals surface area contributed by atoms with Crippen LogP contribution >= 0.6 is 0 Å². The number of unbranched alkanes of at least 4 members (excludes halogenated alkanes) is 9. The summed E-state index contributed by atoms with van der Waals surface area (Å²) in [6.07, 6.45) is 26.0. The van der Waals surface area contributed by atoms with Gasteiger partial charge in [0, 0.05) is 6.61 Å². The van der Waals surface area contributed by atoms with Gasteiger partial charge in [-0.25, -0.2) is 0 Å². The molecule has 2 unspecified atom stereocenters. The second-order valence-electron chi connectivity index (χ2n) is 7.63. The lowest BCUT2D eigenvalue weighted by Gasteiger charge is -2.27. The lowest BCUT2D eigenvalue weighted by molar-refractivity contribution is -0.189. The Bertz CT molecular complexity index is 294. The fourth-order valence-electron chi connectivity index (χ4n) is 3.48. The Kier molecular flexibility index (Phi) is 15.5. The van der Waals surface area contributed by atoms with Crippen molar-refractivity contribution in [1.29, 1.82) is 0 Å². The largest absolute Gasteiger partial charge is 0.353 e. The van der Waals surface area contributed by atoms with Gasteiger partial charge in [0.25, 0.3) is 0 Å². The van der Waals surface area contributed by atoms with Crippen LogP contribution in [0.5, 0.6) is 0 Å². The monoisotopic (exact) mass is 352 g/mol. The van der Waals surface area contributed by atoms with Crippen LogP contribution in [0.1, 0.15) is 117 Å². The highest BCUT2D eigenvalue weighted by Gasteiger charge is 2.18. The van der Waals surface area contributed by atoms with Crippen molar-refractivity contribution in [2.45, 2.75) is 129 Å². The Labute approximate surface area is 157 Å². The average molecular weight is 353 g/mol. The lowest BCUT2D eigenvalue weighted by atomic mass is 10.0. The second kappa shape index (κ2) is 17.1. The molecule has 0 N–H and O–H groups in total. The molecule has 0 aromatic heterocycles. The Balaban J connectivity index is 1.86. The predicted molar refractivity (Wildman–Crippen MR) is 109 cm³/mol. The highest BCUT2D eigenvalue weighted by Crippen LogP contribution is 2.20. The molecule has 148 valence electrons. The summed E-state index contributed by atoms with van der Waals surface area (Å²) in [5.41, 5.74) is 0. The number of rotatable bonds is 16. The Morgan fingerprint density at radius 2 is 1.56 bits per heavy atom. The van der Waals surface area contributed by atoms with Crippen LogP contribution in [-0.4, -0.2) is 19.0 Å². The molecule has 2 nitrogen and oxygen atoms in total. The van der Waals surface area contributed by atoms with Gasteiger partial charge < -0.3 is 9.47 Å². The third kappa shape index (κ3) is 13.5. The molecule has 1 saturated heterocycles. The first-order valence-corrected chi connectivity index (χ1v) is 11.3. The van der Waals surface area contributed by atoms with E-state index < -0.39 is 0 Å². The zero-order chi connectivity index (χ0) is 18.0. The van der Waals surface area contributed by atoms with E-state index in [1.54, 1.807) is 0 Å². The van der Waals surface area contributed by atoms with Crippen molar-refractivity contribution >= 4 is 0 Å². The quantitative estimate of drug-likeness (QED) is 0.211. The lowest BCUT2D eigenvalue weighted by Crippen LogP contribution is -2.27. The molecule has 0 spiro atoms. The molecule has 0 saturated carbocycles. The summed E-state index contributed by atoms with van der Waals surface area (Å²) in [7, 11) is 0. The minimum absolute atomic E-state index is 0.0784. The molecule has 1 aliphatic heterocycles. The summed E-state index contributed by atoms with van der Waals surface area (Å²) in [5, 5.41) is 0. The van der Waals surface area contributed by atoms with E-state index in [2.05, 4.69) is 26.0 Å². The van der Waals surface area contributed by atoms with Crippen LogP contribution in [0.15, 0.2) is 12.2 Å². The number of hydrogen-bond acceptors (Lipinski definition) is 2. The topological polar surface area (TPSA) is 18.5 Å². The second-order valence-corrected chi connectivity index (χ2v) is 7.63. The van der Waals surface area contributed by atoms with E-state index in [4.69, 9.17) is 9.47 Å². The van der Waals surface area contributed by atoms with Crippen molar-refractivity contribution in [1.82, 2.24) is 0 Å². The Hall–Kier alpha value is -0.340. The molecule has 2 atom stereocenters. The van der Waals surface area contributed by atoms with Crippen LogP contribution in [0.25, 0.3) is 0 Å². The van der Waals surface area contributed by atoms with Gasteiger partial charge in [-0.1, -0.05) is 77.4 Å². The van der Waals surface area contributed by atoms with E-state index in [9.17, 15) is 0 Å². The first-order valence-electron chi connectivity index (χ1n) is 11.3. The molecule has 1 rings (SSSR count). The molecular formula is C23H44O2. The van der Waals surface area contributed by atoms with Crippen molar-refractivity contribution in [2.75, 3.05) is 6.61 Å². The third-order valence-corrected chi connectivity index (χ3v) is 5.23. The Morgan fingerprint density at radius 3 is 2.20 bits per heavy atom. The van der Waals surface area contributed by atoms with E-state index >= 15 is 0 Å². The minimum atomic E-state index is 0.0784. The highest BCUT2D eigenvalue weighted by molar-refractivity contribution is 4.81. The molecule has 0 bridgehead atoms. The van der Waals surface area contributed by atoms with Gasteiger partial charge in [0.15, 0.2) is 6.29 Å². The smallest absolute Gasteiger partial charge is 0.157 e. The van der Waals surface area contributed by atoms with Gasteiger partial charge in [-0.15, -0.1) is 0 Å². The Morgan fingerprint density at radius 1 is 0.880 bits per heavy atom. The molecule has 0 amide bonds. The first kappa shape index (κ1) is 22.7. The van der Waals surface area contributed by atoms with Gasteiger partial charge in [0.1, 0.15) is 0 Å². The average Bonchev–Trinajstić information content (AvgIpc) is 2.65. The maximum Gasteiger partial charge on any atom is 0.157 e. The molecule has 0 aromatic carbocycles. The number of ether oxygens (including phenoxy) is 2. The van der Waals surface area contributed by atoms with Crippen LogP contribution in [0.2, 0.25) is 0 Å². The zero-order valence-corrected chi connectivity index (χ0v) is 17.1. The van der Waals surface area contributed by atoms with Crippen LogP contribution in [0.3, 0.4) is 0 Å². The van der Waals surface area contributed by atoms with Crippen LogP contribution in [0, 0.1) is 0 Å². The van der Waals surface area contributed by atoms with Crippen LogP contribution in [0.4, 0.5) is 0 Å². The van der Waals surface area contributed by atoms with Gasteiger partial charge in [-0.05, 0) is 51.4 Å². The van der Waals surface area contributed by atoms with E-state index in [0.717, 1.165) is 19.4 Å². The van der Waals surface area contributed by atoms with Gasteiger partial charge >= 0.3 is 0 Å². The third-order valence-electron chi connectivity index (χ3n) is 5.23. The SMILES string of the molecule is CCCCC=CCCCCCCCCCC(CC)OC1CCCCO1. The fourth-order valence-corrected chi connectivity index (χ4v) is 3.48. The highest BCUT2D eigenvalue weighted by atomic mass is 16.7. The number of allylic oxidation sites excluding steroid dienone is 2. The van der Waals surface area contributed by atoms with E-state index in [0.29, 0.717) is 6.10 Å². The summed E-state index contributed by atoms with van der Waals surface area (Å²) >= 11 is 0.